The Bertz CT molecular complexity index is 432. The van der Waals surface area contributed by atoms with Crippen LogP contribution in [-0.4, -0.2) is 0 Å². The van der Waals surface area contributed by atoms with Gasteiger partial charge in [0, 0.05) is 19.2 Å². The molecule has 0 saturated heterocycles. The number of nitrogens with two attached hydrogens (primary N) is 1. The summed E-state index contributed by atoms with van der Waals surface area (Å²) in [6.45, 7) is 1.71. The molecular weight excluding hydrogens is 355 g/mol. The van der Waals surface area contributed by atoms with Crippen LogP contribution in [0.25, 0.3) is 5.70 Å². The zero-order valence-electron chi connectivity index (χ0n) is 7.51. The van der Waals surface area contributed by atoms with Gasteiger partial charge in [0.15, 0.2) is 0 Å². The Balaban J connectivity index is 3.34. The van der Waals surface area contributed by atoms with Crippen molar-refractivity contribution in [3.05, 3.63) is 37.4 Å². The molecule has 0 aliphatic heterocycles. The van der Waals surface area contributed by atoms with Crippen molar-refractivity contribution in [1.29, 1.82) is 5.26 Å². The van der Waals surface area contributed by atoms with Gasteiger partial charge in [0.1, 0.15) is 0 Å². The molecule has 0 saturated carbocycles. The van der Waals surface area contributed by atoms with E-state index in [2.05, 4.69) is 38.5 Å². The first-order chi connectivity index (χ1) is 6.56. The number of hydrogen-bond acceptors (Lipinski definition) is 2. The highest BCUT2D eigenvalue weighted by Crippen LogP contribution is 2.23. The molecule has 0 bridgehead atoms. The van der Waals surface area contributed by atoms with Crippen LogP contribution in [0.5, 0.6) is 0 Å². The molecule has 0 unspecified atom stereocenters. The highest BCUT2D eigenvalue weighted by Gasteiger charge is 2.06. The Morgan fingerprint density at radius 1 is 1.57 bits per heavy atom. The molecule has 0 spiro atoms. The molecule has 72 valence electrons. The van der Waals surface area contributed by atoms with Crippen molar-refractivity contribution in [2.24, 2.45) is 5.73 Å². The lowest BCUT2D eigenvalue weighted by atomic mass is 10.1. The van der Waals surface area contributed by atoms with Crippen molar-refractivity contribution in [1.82, 2.24) is 0 Å². The second-order valence-electron chi connectivity index (χ2n) is 2.77. The molecule has 14 heavy (non-hydrogen) atoms. The lowest BCUT2D eigenvalue weighted by Crippen LogP contribution is -2.01. The van der Waals surface area contributed by atoms with E-state index in [0.29, 0.717) is 11.3 Å². The van der Waals surface area contributed by atoms with Crippen molar-refractivity contribution < 1.29 is 0 Å². The molecule has 0 aromatic heterocycles. The van der Waals surface area contributed by atoms with E-state index in [1.165, 1.54) is 0 Å². The third kappa shape index (κ3) is 2.49. The molecule has 0 amide bonds. The van der Waals surface area contributed by atoms with Crippen LogP contribution in [0.4, 0.5) is 0 Å². The highest BCUT2D eigenvalue weighted by molar-refractivity contribution is 14.1. The molecule has 0 aliphatic rings. The summed E-state index contributed by atoms with van der Waals surface area (Å²) < 4.78 is 2.00. The van der Waals surface area contributed by atoms with E-state index in [1.54, 1.807) is 6.92 Å². The maximum Gasteiger partial charge on any atom is 0.0965 e. The quantitative estimate of drug-likeness (QED) is 0.615. The van der Waals surface area contributed by atoms with Gasteiger partial charge < -0.3 is 5.73 Å². The summed E-state index contributed by atoms with van der Waals surface area (Å²) in [6, 6.07) is 7.86. The van der Waals surface area contributed by atoms with Gasteiger partial charge in [0.05, 0.1) is 11.8 Å². The van der Waals surface area contributed by atoms with Crippen LogP contribution in [0.2, 0.25) is 0 Å². The van der Waals surface area contributed by atoms with Crippen molar-refractivity contribution in [2.45, 2.75) is 6.92 Å². The van der Waals surface area contributed by atoms with Gasteiger partial charge in [-0.2, -0.15) is 5.26 Å². The van der Waals surface area contributed by atoms with Crippen molar-refractivity contribution in [3.8, 4) is 6.07 Å². The number of halogens is 2. The Kier molecular flexibility index (Phi) is 3.96. The first-order valence-electron chi connectivity index (χ1n) is 3.88. The summed E-state index contributed by atoms with van der Waals surface area (Å²) in [5.41, 5.74) is 7.83. The van der Waals surface area contributed by atoms with Crippen molar-refractivity contribution >= 4 is 44.2 Å². The molecule has 1 rings (SSSR count). The number of benzene rings is 1. The molecule has 0 atom stereocenters. The Morgan fingerprint density at radius 3 is 2.79 bits per heavy atom. The van der Waals surface area contributed by atoms with Crippen LogP contribution in [0.3, 0.4) is 0 Å². The second-order valence-corrected chi connectivity index (χ2v) is 4.85. The fourth-order valence-electron chi connectivity index (χ4n) is 0.966. The molecule has 1 aromatic rings. The van der Waals surface area contributed by atoms with E-state index in [0.717, 1.165) is 13.6 Å². The fourth-order valence-corrected chi connectivity index (χ4v) is 1.95. The van der Waals surface area contributed by atoms with E-state index in [4.69, 9.17) is 11.0 Å². The van der Waals surface area contributed by atoms with Gasteiger partial charge in [-0.15, -0.1) is 0 Å². The van der Waals surface area contributed by atoms with Crippen LogP contribution in [0.1, 0.15) is 12.5 Å². The second kappa shape index (κ2) is 4.80. The Labute approximate surface area is 105 Å². The van der Waals surface area contributed by atoms with Crippen LogP contribution in [0, 0.1) is 14.9 Å². The van der Waals surface area contributed by atoms with Gasteiger partial charge in [-0.05, 0) is 47.7 Å². The standard InChI is InChI=1S/C10H8BrIN2/c1-6(5-13)10(14)8-4-7(11)2-3-9(8)12/h2-4H,14H2,1H3/b10-6-. The van der Waals surface area contributed by atoms with E-state index < -0.39 is 0 Å². The van der Waals surface area contributed by atoms with Crippen LogP contribution in [0.15, 0.2) is 28.2 Å². The van der Waals surface area contributed by atoms with Gasteiger partial charge >= 0.3 is 0 Å². The largest absolute Gasteiger partial charge is 0.397 e. The predicted molar refractivity (Wildman–Crippen MR) is 69.3 cm³/mol. The molecule has 2 nitrogen and oxygen atoms in total. The minimum absolute atomic E-state index is 0.540. The smallest absolute Gasteiger partial charge is 0.0965 e. The Morgan fingerprint density at radius 2 is 2.21 bits per heavy atom. The molecule has 0 heterocycles. The third-order valence-corrected chi connectivity index (χ3v) is 3.22. The van der Waals surface area contributed by atoms with E-state index in [9.17, 15) is 0 Å². The summed E-state index contributed by atoms with van der Waals surface area (Å²) in [4.78, 5) is 0. The van der Waals surface area contributed by atoms with Crippen LogP contribution in [-0.2, 0) is 0 Å². The topological polar surface area (TPSA) is 49.8 Å². The maximum atomic E-state index is 8.72. The summed E-state index contributed by atoms with van der Waals surface area (Å²) in [5.74, 6) is 0. The number of allylic oxidation sites excluding steroid dienone is 1. The molecule has 0 radical (unpaired) electrons. The normalized spacial score (nSPS) is 11.9. The average Bonchev–Trinajstić information content (AvgIpc) is 2.19. The predicted octanol–water partition coefficient (Wildman–Crippen LogP) is 3.27. The third-order valence-electron chi connectivity index (χ3n) is 1.79. The molecule has 0 fully saturated rings. The van der Waals surface area contributed by atoms with Gasteiger partial charge in [-0.1, -0.05) is 15.9 Å². The van der Waals surface area contributed by atoms with Gasteiger partial charge in [0.2, 0.25) is 0 Å². The van der Waals surface area contributed by atoms with Crippen molar-refractivity contribution in [2.75, 3.05) is 0 Å². The first-order valence-corrected chi connectivity index (χ1v) is 5.75. The van der Waals surface area contributed by atoms with Gasteiger partial charge in [0.25, 0.3) is 0 Å². The number of nitrogens with zero attached hydrogens (tertiary/aromatic N) is 1. The zero-order chi connectivity index (χ0) is 10.7. The summed E-state index contributed by atoms with van der Waals surface area (Å²) in [7, 11) is 0. The minimum Gasteiger partial charge on any atom is -0.397 e. The molecule has 0 aliphatic carbocycles. The maximum absolute atomic E-state index is 8.72. The summed E-state index contributed by atoms with van der Waals surface area (Å²) in [6.07, 6.45) is 0. The highest BCUT2D eigenvalue weighted by atomic mass is 127. The SMILES string of the molecule is C/C(C#N)=C(/N)c1cc(Br)ccc1I. The minimum atomic E-state index is 0.540. The van der Waals surface area contributed by atoms with E-state index >= 15 is 0 Å². The lowest BCUT2D eigenvalue weighted by Gasteiger charge is -2.06. The lowest BCUT2D eigenvalue weighted by molar-refractivity contribution is 1.38. The van der Waals surface area contributed by atoms with Crippen LogP contribution < -0.4 is 5.73 Å². The fraction of sp³-hybridized carbons (Fsp3) is 0.100. The number of nitriles is 1. The molecular formula is C10H8BrIN2. The van der Waals surface area contributed by atoms with Crippen molar-refractivity contribution in [3.63, 3.8) is 0 Å². The van der Waals surface area contributed by atoms with E-state index in [-0.39, 0.29) is 0 Å². The average molecular weight is 363 g/mol. The number of rotatable bonds is 1. The zero-order valence-corrected chi connectivity index (χ0v) is 11.3. The Hall–Kier alpha value is -0.540. The molecule has 2 N–H and O–H groups in total. The molecule has 1 aromatic carbocycles. The monoisotopic (exact) mass is 362 g/mol. The number of hydrogen-bond donors (Lipinski definition) is 1. The van der Waals surface area contributed by atoms with Crippen LogP contribution >= 0.6 is 38.5 Å². The van der Waals surface area contributed by atoms with Gasteiger partial charge in [-0.25, -0.2) is 0 Å². The summed E-state index contributed by atoms with van der Waals surface area (Å²) in [5, 5.41) is 8.72. The first kappa shape index (κ1) is 11.5. The summed E-state index contributed by atoms with van der Waals surface area (Å²) >= 11 is 5.57. The van der Waals surface area contributed by atoms with E-state index in [1.807, 2.05) is 24.3 Å². The molecule has 4 heteroatoms. The van der Waals surface area contributed by atoms with Gasteiger partial charge in [-0.3, -0.25) is 0 Å².